The van der Waals surface area contributed by atoms with E-state index in [1.807, 2.05) is 0 Å². The van der Waals surface area contributed by atoms with Gasteiger partial charge in [-0.1, -0.05) is 27.6 Å². The summed E-state index contributed by atoms with van der Waals surface area (Å²) in [6.45, 7) is 0.945. The Bertz CT molecular complexity index is 1500. The lowest BCUT2D eigenvalue weighted by molar-refractivity contribution is -0.143. The molecule has 0 spiro atoms. The molecule has 1 heterocycles. The number of phenolic OH excluding ortho intramolecular Hbond substituents is 1. The first kappa shape index (κ1) is 34.7. The van der Waals surface area contributed by atoms with Crippen LogP contribution in [0.25, 0.3) is 6.08 Å². The van der Waals surface area contributed by atoms with Crippen LogP contribution in [0.4, 0.5) is 32.0 Å². The highest BCUT2D eigenvalue weighted by Crippen LogP contribution is 2.48. The topological polar surface area (TPSA) is 107 Å². The number of allylic oxidation sites excluding steroid dienone is 1. The van der Waals surface area contributed by atoms with Crippen molar-refractivity contribution in [3.63, 3.8) is 0 Å². The molecule has 14 heteroatoms. The highest BCUT2D eigenvalue weighted by molar-refractivity contribution is 9.10. The molecule has 0 aromatic heterocycles. The van der Waals surface area contributed by atoms with Gasteiger partial charge in [-0.25, -0.2) is 4.90 Å². The van der Waals surface area contributed by atoms with E-state index in [2.05, 4.69) is 15.9 Å². The van der Waals surface area contributed by atoms with Crippen molar-refractivity contribution in [2.45, 2.75) is 44.6 Å². The summed E-state index contributed by atoms with van der Waals surface area (Å²) in [4.78, 5) is 27.5. The van der Waals surface area contributed by atoms with E-state index in [1.54, 1.807) is 25.1 Å². The maximum Gasteiger partial charge on any atom is 0.416 e. The maximum atomic E-state index is 13.7. The number of phenols is 1. The summed E-state index contributed by atoms with van der Waals surface area (Å²) >= 11 is 3.33. The van der Waals surface area contributed by atoms with E-state index in [0.717, 1.165) is 10.0 Å². The van der Waals surface area contributed by atoms with Crippen molar-refractivity contribution in [2.75, 3.05) is 25.2 Å². The molecule has 4 atom stereocenters. The average molecular weight is 706 g/mol. The Morgan fingerprint density at radius 1 is 1.07 bits per heavy atom. The van der Waals surface area contributed by atoms with Crippen molar-refractivity contribution in [1.82, 2.24) is 0 Å². The van der Waals surface area contributed by atoms with Crippen LogP contribution in [0.2, 0.25) is 0 Å². The van der Waals surface area contributed by atoms with Crippen LogP contribution in [0, 0.1) is 17.8 Å². The zero-order valence-corrected chi connectivity index (χ0v) is 25.6. The van der Waals surface area contributed by atoms with E-state index in [0.29, 0.717) is 34.6 Å². The molecule has 2 amide bonds. The first-order valence-electron chi connectivity index (χ1n) is 13.8. The fraction of sp³-hybridized carbons (Fsp3) is 0.419. The Morgan fingerprint density at radius 2 is 1.69 bits per heavy atom. The number of halogens is 7. The summed E-state index contributed by atoms with van der Waals surface area (Å²) in [7, 11) is 1.35. The number of alkyl halides is 6. The SMILES string of the molecule is COCC1=C([C@H](O)CC/C(C)=C/c2cc(Br)ccc2O)[C@H](CO)[C@@H]2C(=O)N(c3cc(C(F)(F)F)cc(C(F)(F)F)c3)C(=O)[C@@H]2C1. The molecule has 45 heavy (non-hydrogen) atoms. The third-order valence-corrected chi connectivity index (χ3v) is 8.59. The zero-order chi connectivity index (χ0) is 33.4. The summed E-state index contributed by atoms with van der Waals surface area (Å²) in [6, 6.07) is 5.41. The van der Waals surface area contributed by atoms with Gasteiger partial charge in [0.05, 0.1) is 48.0 Å². The van der Waals surface area contributed by atoms with Gasteiger partial charge in [0.2, 0.25) is 11.8 Å². The van der Waals surface area contributed by atoms with E-state index in [-0.39, 0.29) is 36.8 Å². The number of imide groups is 1. The summed E-state index contributed by atoms with van der Waals surface area (Å²) in [6.07, 6.45) is -9.67. The number of benzene rings is 2. The van der Waals surface area contributed by atoms with Crippen LogP contribution in [-0.2, 0) is 26.7 Å². The lowest BCUT2D eigenvalue weighted by Gasteiger charge is -2.36. The zero-order valence-electron chi connectivity index (χ0n) is 24.0. The number of fused-ring (bicyclic) bond motifs is 1. The number of hydrogen-bond donors (Lipinski definition) is 3. The molecule has 244 valence electrons. The van der Waals surface area contributed by atoms with Crippen molar-refractivity contribution in [2.24, 2.45) is 17.8 Å². The summed E-state index contributed by atoms with van der Waals surface area (Å²) in [5.74, 6) is -5.74. The minimum atomic E-state index is -5.20. The Kier molecular flexibility index (Phi) is 10.2. The Morgan fingerprint density at radius 3 is 2.24 bits per heavy atom. The number of aliphatic hydroxyl groups is 2. The van der Waals surface area contributed by atoms with Gasteiger partial charge < -0.3 is 20.1 Å². The van der Waals surface area contributed by atoms with Gasteiger partial charge in [0.1, 0.15) is 5.75 Å². The van der Waals surface area contributed by atoms with Gasteiger partial charge in [-0.2, -0.15) is 26.3 Å². The fourth-order valence-electron chi connectivity index (χ4n) is 6.09. The number of carbonyl (C=O) groups excluding carboxylic acids is 2. The number of ether oxygens (including phenoxy) is 1. The highest BCUT2D eigenvalue weighted by Gasteiger charge is 2.55. The molecule has 1 aliphatic heterocycles. The van der Waals surface area contributed by atoms with Crippen LogP contribution < -0.4 is 4.90 Å². The molecule has 7 nitrogen and oxygen atoms in total. The molecule has 0 saturated carbocycles. The highest BCUT2D eigenvalue weighted by atomic mass is 79.9. The lowest BCUT2D eigenvalue weighted by Crippen LogP contribution is -2.39. The Labute approximate surface area is 262 Å². The van der Waals surface area contributed by atoms with Gasteiger partial charge in [-0.3, -0.25) is 9.59 Å². The molecule has 3 N–H and O–H groups in total. The van der Waals surface area contributed by atoms with Crippen LogP contribution in [-0.4, -0.2) is 53.6 Å². The van der Waals surface area contributed by atoms with Crippen molar-refractivity contribution >= 4 is 39.5 Å². The molecular formula is C31H30BrF6NO6. The largest absolute Gasteiger partial charge is 0.507 e. The maximum absolute atomic E-state index is 13.7. The molecular weight excluding hydrogens is 676 g/mol. The van der Waals surface area contributed by atoms with Gasteiger partial charge in [0, 0.05) is 23.1 Å². The number of nitrogens with zero attached hydrogens (tertiary/aromatic N) is 1. The van der Waals surface area contributed by atoms with Crippen molar-refractivity contribution in [3.8, 4) is 5.75 Å². The molecule has 1 saturated heterocycles. The number of aromatic hydroxyl groups is 1. The van der Waals surface area contributed by atoms with Gasteiger partial charge in [0.15, 0.2) is 0 Å². The molecule has 0 bridgehead atoms. The molecule has 2 aromatic rings. The monoisotopic (exact) mass is 705 g/mol. The van der Waals surface area contributed by atoms with E-state index < -0.39 is 71.4 Å². The summed E-state index contributed by atoms with van der Waals surface area (Å²) < 4.78 is 87.2. The van der Waals surface area contributed by atoms with Crippen LogP contribution in [0.15, 0.2) is 57.6 Å². The molecule has 1 aliphatic carbocycles. The minimum absolute atomic E-state index is 0.0407. The molecule has 2 aromatic carbocycles. The predicted octanol–water partition coefficient (Wildman–Crippen LogP) is 6.50. The molecule has 2 aliphatic rings. The van der Waals surface area contributed by atoms with Gasteiger partial charge in [-0.15, -0.1) is 0 Å². The molecule has 0 radical (unpaired) electrons. The third-order valence-electron chi connectivity index (χ3n) is 8.09. The number of anilines is 1. The van der Waals surface area contributed by atoms with Gasteiger partial charge >= 0.3 is 12.4 Å². The van der Waals surface area contributed by atoms with E-state index >= 15 is 0 Å². The van der Waals surface area contributed by atoms with E-state index in [9.17, 15) is 51.3 Å². The third kappa shape index (κ3) is 7.29. The second-order valence-electron chi connectivity index (χ2n) is 11.1. The van der Waals surface area contributed by atoms with Crippen molar-refractivity contribution in [1.29, 1.82) is 0 Å². The van der Waals surface area contributed by atoms with Gasteiger partial charge in [0.25, 0.3) is 0 Å². The standard InChI is InChI=1S/C31H30BrF6NO6/c1-15(7-16-8-20(32)4-6-24(16)41)3-5-25(42)26-17(14-45-2)9-22-27(23(26)13-40)29(44)39(28(22)43)21-11-18(30(33,34)35)10-19(12-21)31(36,37)38/h4,6-8,10-12,22-23,25,27,40-42H,3,5,9,13-14H2,1-2H3/b15-7+/t22-,23+,25-,27-/m1/s1. The van der Waals surface area contributed by atoms with Crippen LogP contribution >= 0.6 is 15.9 Å². The molecule has 1 fully saturated rings. The number of methoxy groups -OCH3 is 1. The molecule has 4 rings (SSSR count). The number of hydrogen-bond acceptors (Lipinski definition) is 6. The van der Waals surface area contributed by atoms with Crippen molar-refractivity contribution < 1.29 is 56.0 Å². The quantitative estimate of drug-likeness (QED) is 0.156. The first-order valence-corrected chi connectivity index (χ1v) is 14.6. The number of aliphatic hydroxyl groups excluding tert-OH is 2. The average Bonchev–Trinajstić information content (AvgIpc) is 3.20. The predicted molar refractivity (Wildman–Crippen MR) is 155 cm³/mol. The Hall–Kier alpha value is -3.20. The minimum Gasteiger partial charge on any atom is -0.507 e. The fourth-order valence-corrected chi connectivity index (χ4v) is 6.47. The summed E-state index contributed by atoms with van der Waals surface area (Å²) in [5.41, 5.74) is -2.31. The van der Waals surface area contributed by atoms with Crippen molar-refractivity contribution in [3.05, 3.63) is 74.3 Å². The normalized spacial score (nSPS) is 21.9. The van der Waals surface area contributed by atoms with E-state index in [4.69, 9.17) is 4.74 Å². The Balaban J connectivity index is 1.67. The lowest BCUT2D eigenvalue weighted by atomic mass is 9.68. The summed E-state index contributed by atoms with van der Waals surface area (Å²) in [5, 5.41) is 31.9. The van der Waals surface area contributed by atoms with Crippen LogP contribution in [0.3, 0.4) is 0 Å². The number of carbonyl (C=O) groups is 2. The van der Waals surface area contributed by atoms with Crippen LogP contribution in [0.1, 0.15) is 42.9 Å². The van der Waals surface area contributed by atoms with Gasteiger partial charge in [-0.05, 0) is 73.7 Å². The second kappa shape index (κ2) is 13.3. The van der Waals surface area contributed by atoms with E-state index in [1.165, 1.54) is 13.2 Å². The van der Waals surface area contributed by atoms with Crippen LogP contribution in [0.5, 0.6) is 5.75 Å². The first-order chi connectivity index (χ1) is 21.0. The number of amides is 2. The molecule has 0 unspecified atom stereocenters. The number of rotatable bonds is 9. The smallest absolute Gasteiger partial charge is 0.416 e. The second-order valence-corrected chi connectivity index (χ2v) is 12.1.